The SMILES string of the molecule is CCCCC1SC(c2ccccc2)N(c2ccc(OC)cc2)C1=O. The summed E-state index contributed by atoms with van der Waals surface area (Å²) in [5.41, 5.74) is 2.10. The van der Waals surface area contributed by atoms with Gasteiger partial charge in [0.1, 0.15) is 11.1 Å². The van der Waals surface area contributed by atoms with Gasteiger partial charge in [-0.15, -0.1) is 11.8 Å². The summed E-state index contributed by atoms with van der Waals surface area (Å²) in [4.78, 5) is 15.0. The van der Waals surface area contributed by atoms with Crippen LogP contribution in [0.25, 0.3) is 0 Å². The molecule has 126 valence electrons. The Morgan fingerprint density at radius 3 is 2.42 bits per heavy atom. The first kappa shape index (κ1) is 16.9. The largest absolute Gasteiger partial charge is 0.497 e. The number of methoxy groups -OCH3 is 1. The number of unbranched alkanes of at least 4 members (excludes halogenated alkanes) is 1. The van der Waals surface area contributed by atoms with Gasteiger partial charge in [0, 0.05) is 5.69 Å². The van der Waals surface area contributed by atoms with E-state index < -0.39 is 0 Å². The predicted octanol–water partition coefficient (Wildman–Crippen LogP) is 5.03. The summed E-state index contributed by atoms with van der Waals surface area (Å²) in [6.07, 6.45) is 3.14. The molecular weight excluding hydrogens is 318 g/mol. The van der Waals surface area contributed by atoms with Crippen LogP contribution in [0.15, 0.2) is 54.6 Å². The molecule has 0 radical (unpaired) electrons. The van der Waals surface area contributed by atoms with E-state index in [4.69, 9.17) is 4.74 Å². The van der Waals surface area contributed by atoms with E-state index in [1.807, 2.05) is 47.4 Å². The molecule has 0 aromatic heterocycles. The van der Waals surface area contributed by atoms with Crippen LogP contribution in [-0.4, -0.2) is 18.3 Å². The summed E-state index contributed by atoms with van der Waals surface area (Å²) in [5, 5.41) is 0.0752. The van der Waals surface area contributed by atoms with Gasteiger partial charge < -0.3 is 4.74 Å². The molecule has 0 saturated carbocycles. The highest BCUT2D eigenvalue weighted by atomic mass is 32.2. The second-order valence-corrected chi connectivity index (χ2v) is 7.22. The number of hydrogen-bond donors (Lipinski definition) is 0. The van der Waals surface area contributed by atoms with Crippen LogP contribution in [-0.2, 0) is 4.79 Å². The average molecular weight is 341 g/mol. The summed E-state index contributed by atoms with van der Waals surface area (Å²) < 4.78 is 5.24. The third kappa shape index (κ3) is 3.44. The molecule has 0 spiro atoms. The predicted molar refractivity (Wildman–Crippen MR) is 101 cm³/mol. The minimum atomic E-state index is 0.0361. The molecule has 2 aromatic carbocycles. The number of benzene rings is 2. The zero-order valence-electron chi connectivity index (χ0n) is 14.1. The van der Waals surface area contributed by atoms with Gasteiger partial charge in [-0.05, 0) is 36.2 Å². The lowest BCUT2D eigenvalue weighted by atomic mass is 10.1. The molecule has 1 fully saturated rings. The Morgan fingerprint density at radius 2 is 1.79 bits per heavy atom. The summed E-state index contributed by atoms with van der Waals surface area (Å²) in [6, 6.07) is 18.0. The molecule has 2 atom stereocenters. The first-order chi connectivity index (χ1) is 11.7. The number of rotatable bonds is 6. The van der Waals surface area contributed by atoms with Crippen LogP contribution < -0.4 is 9.64 Å². The molecule has 0 aliphatic carbocycles. The standard InChI is InChI=1S/C20H23NO2S/c1-3-4-10-18-19(22)21(16-11-13-17(23-2)14-12-16)20(24-18)15-8-6-5-7-9-15/h5-9,11-14,18,20H,3-4,10H2,1-2H3. The van der Waals surface area contributed by atoms with Crippen molar-refractivity contribution >= 4 is 23.4 Å². The third-order valence-corrected chi connectivity index (χ3v) is 5.80. The average Bonchev–Trinajstić information content (AvgIpc) is 2.97. The topological polar surface area (TPSA) is 29.5 Å². The molecule has 2 unspecified atom stereocenters. The van der Waals surface area contributed by atoms with Crippen molar-refractivity contribution < 1.29 is 9.53 Å². The molecule has 1 heterocycles. The number of ether oxygens (including phenoxy) is 1. The number of thioether (sulfide) groups is 1. The Balaban J connectivity index is 1.92. The lowest BCUT2D eigenvalue weighted by molar-refractivity contribution is -0.117. The number of amides is 1. The van der Waals surface area contributed by atoms with Crippen LogP contribution in [0.2, 0.25) is 0 Å². The van der Waals surface area contributed by atoms with Crippen molar-refractivity contribution in [2.24, 2.45) is 0 Å². The molecule has 2 aromatic rings. The molecule has 0 bridgehead atoms. The Morgan fingerprint density at radius 1 is 1.08 bits per heavy atom. The highest BCUT2D eigenvalue weighted by Gasteiger charge is 2.41. The summed E-state index contributed by atoms with van der Waals surface area (Å²) in [5.74, 6) is 1.02. The molecule has 4 heteroatoms. The Hall–Kier alpha value is -1.94. The fourth-order valence-corrected chi connectivity index (χ4v) is 4.48. The Labute approximate surface area is 148 Å². The van der Waals surface area contributed by atoms with Crippen molar-refractivity contribution in [2.75, 3.05) is 12.0 Å². The van der Waals surface area contributed by atoms with Crippen LogP contribution >= 0.6 is 11.8 Å². The second-order valence-electron chi connectivity index (χ2n) is 5.94. The maximum atomic E-state index is 13.0. The Kier molecular flexibility index (Phi) is 5.46. The van der Waals surface area contributed by atoms with Crippen LogP contribution in [0.1, 0.15) is 37.1 Å². The molecule has 3 nitrogen and oxygen atoms in total. The van der Waals surface area contributed by atoms with Crippen LogP contribution in [0, 0.1) is 0 Å². The van der Waals surface area contributed by atoms with Crippen molar-refractivity contribution in [3.05, 3.63) is 60.2 Å². The van der Waals surface area contributed by atoms with E-state index in [1.54, 1.807) is 18.9 Å². The highest BCUT2D eigenvalue weighted by molar-refractivity contribution is 8.01. The minimum Gasteiger partial charge on any atom is -0.497 e. The van der Waals surface area contributed by atoms with Gasteiger partial charge in [0.2, 0.25) is 5.91 Å². The third-order valence-electron chi connectivity index (χ3n) is 4.30. The van der Waals surface area contributed by atoms with Crippen molar-refractivity contribution in [2.45, 2.75) is 36.8 Å². The van der Waals surface area contributed by atoms with E-state index in [0.29, 0.717) is 0 Å². The van der Waals surface area contributed by atoms with Gasteiger partial charge in [0.05, 0.1) is 12.4 Å². The van der Waals surface area contributed by atoms with Crippen molar-refractivity contribution in [1.82, 2.24) is 0 Å². The zero-order chi connectivity index (χ0) is 16.9. The zero-order valence-corrected chi connectivity index (χ0v) is 15.0. The van der Waals surface area contributed by atoms with E-state index in [0.717, 1.165) is 30.7 Å². The van der Waals surface area contributed by atoms with Gasteiger partial charge >= 0.3 is 0 Å². The molecule has 1 amide bonds. The first-order valence-corrected chi connectivity index (χ1v) is 9.36. The summed E-state index contributed by atoms with van der Waals surface area (Å²) >= 11 is 1.77. The number of nitrogens with zero attached hydrogens (tertiary/aromatic N) is 1. The van der Waals surface area contributed by atoms with Crippen LogP contribution in [0.5, 0.6) is 5.75 Å². The first-order valence-electron chi connectivity index (χ1n) is 8.42. The second kappa shape index (κ2) is 7.75. The summed E-state index contributed by atoms with van der Waals surface area (Å²) in [7, 11) is 1.65. The number of carbonyl (C=O) groups is 1. The van der Waals surface area contributed by atoms with E-state index >= 15 is 0 Å². The smallest absolute Gasteiger partial charge is 0.241 e. The van der Waals surface area contributed by atoms with E-state index in [-0.39, 0.29) is 16.5 Å². The van der Waals surface area contributed by atoms with Crippen molar-refractivity contribution in [1.29, 1.82) is 0 Å². The van der Waals surface area contributed by atoms with E-state index in [9.17, 15) is 4.79 Å². The normalized spacial score (nSPS) is 20.4. The van der Waals surface area contributed by atoms with Gasteiger partial charge in [0.25, 0.3) is 0 Å². The van der Waals surface area contributed by atoms with Gasteiger partial charge in [0.15, 0.2) is 0 Å². The van der Waals surface area contributed by atoms with Crippen molar-refractivity contribution in [3.8, 4) is 5.75 Å². The lowest BCUT2D eigenvalue weighted by Crippen LogP contribution is -2.31. The van der Waals surface area contributed by atoms with Gasteiger partial charge in [-0.25, -0.2) is 0 Å². The van der Waals surface area contributed by atoms with Gasteiger partial charge in [-0.2, -0.15) is 0 Å². The minimum absolute atomic E-state index is 0.0361. The highest BCUT2D eigenvalue weighted by Crippen LogP contribution is 2.47. The molecule has 0 N–H and O–H groups in total. The maximum absolute atomic E-state index is 13.0. The molecule has 1 aliphatic rings. The number of hydrogen-bond acceptors (Lipinski definition) is 3. The molecular formula is C20H23NO2S. The quantitative estimate of drug-likeness (QED) is 0.738. The maximum Gasteiger partial charge on any atom is 0.241 e. The number of anilines is 1. The monoisotopic (exact) mass is 341 g/mol. The van der Waals surface area contributed by atoms with E-state index in [1.165, 1.54) is 5.56 Å². The number of carbonyl (C=O) groups excluding carboxylic acids is 1. The van der Waals surface area contributed by atoms with Crippen LogP contribution in [0.4, 0.5) is 5.69 Å². The van der Waals surface area contributed by atoms with E-state index in [2.05, 4.69) is 19.1 Å². The molecule has 24 heavy (non-hydrogen) atoms. The van der Waals surface area contributed by atoms with Gasteiger partial charge in [-0.1, -0.05) is 50.1 Å². The molecule has 1 aliphatic heterocycles. The lowest BCUT2D eigenvalue weighted by Gasteiger charge is -2.24. The molecule has 3 rings (SSSR count). The fourth-order valence-electron chi connectivity index (χ4n) is 2.98. The van der Waals surface area contributed by atoms with Crippen LogP contribution in [0.3, 0.4) is 0 Å². The molecule has 1 saturated heterocycles. The van der Waals surface area contributed by atoms with Crippen molar-refractivity contribution in [3.63, 3.8) is 0 Å². The Bertz CT molecular complexity index is 672. The van der Waals surface area contributed by atoms with Gasteiger partial charge in [-0.3, -0.25) is 9.69 Å². The fraction of sp³-hybridized carbons (Fsp3) is 0.350. The summed E-state index contributed by atoms with van der Waals surface area (Å²) in [6.45, 7) is 2.17.